The third kappa shape index (κ3) is 2.33. The SMILES string of the molecule is O=C1NC(=O)C2(CCC2)C(=O)N1CCCc1ccccc1. The third-order valence-electron chi connectivity index (χ3n) is 4.45. The number of nitrogens with one attached hydrogen (secondary N) is 1. The molecule has 2 fully saturated rings. The Hall–Kier alpha value is -2.17. The number of hydrogen-bond acceptors (Lipinski definition) is 3. The fourth-order valence-electron chi connectivity index (χ4n) is 2.99. The molecule has 0 atom stereocenters. The Morgan fingerprint density at radius 1 is 1.10 bits per heavy atom. The first-order valence-corrected chi connectivity index (χ1v) is 7.35. The van der Waals surface area contributed by atoms with Crippen molar-refractivity contribution in [3.05, 3.63) is 35.9 Å². The first-order valence-electron chi connectivity index (χ1n) is 7.35. The monoisotopic (exact) mass is 286 g/mol. The minimum absolute atomic E-state index is 0.310. The second-order valence-corrected chi connectivity index (χ2v) is 5.74. The molecular weight excluding hydrogens is 268 g/mol. The molecule has 0 radical (unpaired) electrons. The van der Waals surface area contributed by atoms with Crippen molar-refractivity contribution >= 4 is 17.8 Å². The molecule has 21 heavy (non-hydrogen) atoms. The molecule has 0 bridgehead atoms. The topological polar surface area (TPSA) is 66.5 Å². The summed E-state index contributed by atoms with van der Waals surface area (Å²) in [7, 11) is 0. The highest BCUT2D eigenvalue weighted by atomic mass is 16.2. The Morgan fingerprint density at radius 2 is 1.81 bits per heavy atom. The molecule has 110 valence electrons. The van der Waals surface area contributed by atoms with Gasteiger partial charge < -0.3 is 0 Å². The number of carbonyl (C=O) groups excluding carboxylic acids is 3. The van der Waals surface area contributed by atoms with Crippen LogP contribution in [0.5, 0.6) is 0 Å². The van der Waals surface area contributed by atoms with Gasteiger partial charge in [0.15, 0.2) is 0 Å². The summed E-state index contributed by atoms with van der Waals surface area (Å²) in [6.07, 6.45) is 3.48. The van der Waals surface area contributed by atoms with Gasteiger partial charge in [-0.25, -0.2) is 4.79 Å². The summed E-state index contributed by atoms with van der Waals surface area (Å²) in [6.45, 7) is 0.356. The molecule has 5 heteroatoms. The fraction of sp³-hybridized carbons (Fsp3) is 0.438. The molecule has 1 spiro atoms. The zero-order chi connectivity index (χ0) is 14.9. The van der Waals surface area contributed by atoms with Crippen molar-refractivity contribution in [3.63, 3.8) is 0 Å². The van der Waals surface area contributed by atoms with Crippen LogP contribution in [0, 0.1) is 5.41 Å². The summed E-state index contributed by atoms with van der Waals surface area (Å²) in [6, 6.07) is 9.36. The number of benzene rings is 1. The quantitative estimate of drug-likeness (QED) is 0.859. The van der Waals surface area contributed by atoms with Gasteiger partial charge in [-0.1, -0.05) is 36.8 Å². The van der Waals surface area contributed by atoms with Crippen molar-refractivity contribution in [2.75, 3.05) is 6.54 Å². The van der Waals surface area contributed by atoms with Gasteiger partial charge >= 0.3 is 6.03 Å². The van der Waals surface area contributed by atoms with Crippen molar-refractivity contribution in [1.82, 2.24) is 10.2 Å². The van der Waals surface area contributed by atoms with Gasteiger partial charge in [-0.3, -0.25) is 19.8 Å². The molecule has 1 aromatic carbocycles. The Balaban J connectivity index is 1.63. The van der Waals surface area contributed by atoms with Crippen LogP contribution in [0.4, 0.5) is 4.79 Å². The van der Waals surface area contributed by atoms with Gasteiger partial charge in [0.1, 0.15) is 5.41 Å². The van der Waals surface area contributed by atoms with Gasteiger partial charge in [0.2, 0.25) is 11.8 Å². The van der Waals surface area contributed by atoms with Crippen LogP contribution in [-0.2, 0) is 16.0 Å². The molecule has 2 aliphatic rings. The van der Waals surface area contributed by atoms with E-state index in [1.54, 1.807) is 0 Å². The van der Waals surface area contributed by atoms with Gasteiger partial charge in [0.05, 0.1) is 0 Å². The zero-order valence-corrected chi connectivity index (χ0v) is 11.8. The minimum Gasteiger partial charge on any atom is -0.277 e. The van der Waals surface area contributed by atoms with Crippen LogP contribution < -0.4 is 5.32 Å². The average molecular weight is 286 g/mol. The summed E-state index contributed by atoms with van der Waals surface area (Å²) < 4.78 is 0. The van der Waals surface area contributed by atoms with Crippen molar-refractivity contribution in [2.45, 2.75) is 32.1 Å². The first-order chi connectivity index (χ1) is 10.1. The molecule has 0 unspecified atom stereocenters. The molecule has 1 aliphatic heterocycles. The maximum absolute atomic E-state index is 12.4. The summed E-state index contributed by atoms with van der Waals surface area (Å²) in [5.74, 6) is -0.723. The summed E-state index contributed by atoms with van der Waals surface area (Å²) in [4.78, 5) is 37.4. The van der Waals surface area contributed by atoms with Gasteiger partial charge in [-0.05, 0) is 31.2 Å². The van der Waals surface area contributed by atoms with Crippen molar-refractivity contribution in [1.29, 1.82) is 0 Å². The Morgan fingerprint density at radius 3 is 2.43 bits per heavy atom. The lowest BCUT2D eigenvalue weighted by Crippen LogP contribution is -2.66. The van der Waals surface area contributed by atoms with E-state index in [4.69, 9.17) is 0 Å². The lowest BCUT2D eigenvalue weighted by Gasteiger charge is -2.44. The van der Waals surface area contributed by atoms with E-state index in [1.165, 1.54) is 10.5 Å². The highest BCUT2D eigenvalue weighted by molar-refractivity contribution is 6.19. The molecule has 1 saturated heterocycles. The zero-order valence-electron chi connectivity index (χ0n) is 11.8. The second-order valence-electron chi connectivity index (χ2n) is 5.74. The minimum atomic E-state index is -0.958. The predicted octanol–water partition coefficient (Wildman–Crippen LogP) is 1.87. The standard InChI is InChI=1S/C16H18N2O3/c19-13-16(9-5-10-16)14(20)18(15(21)17-13)11-4-8-12-6-2-1-3-7-12/h1-3,6-7H,4-5,8-11H2,(H,17,19,21). The van der Waals surface area contributed by atoms with Crippen molar-refractivity contribution < 1.29 is 14.4 Å². The molecule has 0 aromatic heterocycles. The van der Waals surface area contributed by atoms with Gasteiger partial charge in [0.25, 0.3) is 0 Å². The number of amides is 4. The van der Waals surface area contributed by atoms with Crippen LogP contribution in [-0.4, -0.2) is 29.3 Å². The van der Waals surface area contributed by atoms with Crippen LogP contribution in [0.15, 0.2) is 30.3 Å². The number of aryl methyl sites for hydroxylation is 1. The summed E-state index contributed by atoms with van der Waals surface area (Å²) in [5.41, 5.74) is 0.220. The number of carbonyl (C=O) groups is 3. The number of hydrogen-bond donors (Lipinski definition) is 1. The molecule has 1 heterocycles. The van der Waals surface area contributed by atoms with E-state index < -0.39 is 17.4 Å². The fourth-order valence-corrected chi connectivity index (χ4v) is 2.99. The van der Waals surface area contributed by atoms with Crippen molar-refractivity contribution in [3.8, 4) is 0 Å². The van der Waals surface area contributed by atoms with Crippen molar-refractivity contribution in [2.24, 2.45) is 5.41 Å². The van der Waals surface area contributed by atoms with Gasteiger partial charge in [-0.15, -0.1) is 0 Å². The summed E-state index contributed by atoms with van der Waals surface area (Å²) >= 11 is 0. The average Bonchev–Trinajstić information content (AvgIpc) is 2.42. The van der Waals surface area contributed by atoms with E-state index >= 15 is 0 Å². The predicted molar refractivity (Wildman–Crippen MR) is 76.3 cm³/mol. The van der Waals surface area contributed by atoms with E-state index in [9.17, 15) is 14.4 Å². The van der Waals surface area contributed by atoms with E-state index in [-0.39, 0.29) is 5.91 Å². The Kier molecular flexibility index (Phi) is 3.49. The number of imide groups is 2. The van der Waals surface area contributed by atoms with Crippen LogP contribution in [0.1, 0.15) is 31.2 Å². The van der Waals surface area contributed by atoms with E-state index in [0.717, 1.165) is 12.8 Å². The van der Waals surface area contributed by atoms with Crippen LogP contribution >= 0.6 is 0 Å². The first kappa shape index (κ1) is 13.8. The second kappa shape index (κ2) is 5.31. The highest BCUT2D eigenvalue weighted by Crippen LogP contribution is 2.44. The molecule has 1 N–H and O–H groups in total. The Bertz CT molecular complexity index is 578. The van der Waals surface area contributed by atoms with Gasteiger partial charge in [0, 0.05) is 6.54 Å². The van der Waals surface area contributed by atoms with E-state index in [1.807, 2.05) is 30.3 Å². The van der Waals surface area contributed by atoms with Crippen LogP contribution in [0.2, 0.25) is 0 Å². The number of rotatable bonds is 4. The molecule has 1 saturated carbocycles. The molecule has 1 aliphatic carbocycles. The lowest BCUT2D eigenvalue weighted by atomic mass is 9.66. The third-order valence-corrected chi connectivity index (χ3v) is 4.45. The van der Waals surface area contributed by atoms with Gasteiger partial charge in [-0.2, -0.15) is 0 Å². The number of barbiturate groups is 1. The van der Waals surface area contributed by atoms with Crippen LogP contribution in [0.25, 0.3) is 0 Å². The molecule has 1 aromatic rings. The van der Waals surface area contributed by atoms with Crippen LogP contribution in [0.3, 0.4) is 0 Å². The maximum atomic E-state index is 12.4. The lowest BCUT2D eigenvalue weighted by molar-refractivity contribution is -0.157. The normalized spacial score (nSPS) is 20.4. The summed E-state index contributed by atoms with van der Waals surface area (Å²) in [5, 5.41) is 2.33. The Labute approximate surface area is 123 Å². The number of urea groups is 1. The molecule has 5 nitrogen and oxygen atoms in total. The molecule has 3 rings (SSSR count). The highest BCUT2D eigenvalue weighted by Gasteiger charge is 2.57. The maximum Gasteiger partial charge on any atom is 0.330 e. The smallest absolute Gasteiger partial charge is 0.277 e. The largest absolute Gasteiger partial charge is 0.330 e. The number of nitrogens with zero attached hydrogens (tertiary/aromatic N) is 1. The van der Waals surface area contributed by atoms with E-state index in [0.29, 0.717) is 25.8 Å². The molecule has 4 amide bonds. The molecular formula is C16H18N2O3. The van der Waals surface area contributed by atoms with E-state index in [2.05, 4.69) is 5.32 Å².